The van der Waals surface area contributed by atoms with E-state index < -0.39 is 0 Å². The van der Waals surface area contributed by atoms with E-state index in [2.05, 4.69) is 26.0 Å². The average Bonchev–Trinajstić information content (AvgIpc) is 3.04. The number of ether oxygens (including phenoxy) is 1. The molecule has 6 nitrogen and oxygen atoms in total. The zero-order chi connectivity index (χ0) is 15.5. The first kappa shape index (κ1) is 14.5. The minimum Gasteiger partial charge on any atom is -0.378 e. The van der Waals surface area contributed by atoms with Gasteiger partial charge in [-0.1, -0.05) is 17.8 Å². The van der Waals surface area contributed by atoms with Crippen molar-refractivity contribution in [3.8, 4) is 0 Å². The van der Waals surface area contributed by atoms with Crippen molar-refractivity contribution in [1.82, 2.24) is 19.4 Å². The predicted molar refractivity (Wildman–Crippen MR) is 89.8 cm³/mol. The Morgan fingerprint density at radius 2 is 2.09 bits per heavy atom. The second kappa shape index (κ2) is 6.55. The average molecular weight is 327 g/mol. The van der Waals surface area contributed by atoms with Gasteiger partial charge < -0.3 is 14.0 Å². The van der Waals surface area contributed by atoms with Crippen molar-refractivity contribution in [2.24, 2.45) is 0 Å². The van der Waals surface area contributed by atoms with Gasteiger partial charge in [0.05, 0.1) is 18.9 Å². The molecular formula is C16H17N5OS. The topological polar surface area (TPSA) is 55.6 Å². The van der Waals surface area contributed by atoms with E-state index in [0.717, 1.165) is 54.2 Å². The summed E-state index contributed by atoms with van der Waals surface area (Å²) in [6.45, 7) is 3.28. The van der Waals surface area contributed by atoms with Gasteiger partial charge in [0.2, 0.25) is 0 Å². The molecular weight excluding hydrogens is 310 g/mol. The molecule has 4 heterocycles. The zero-order valence-corrected chi connectivity index (χ0v) is 13.4. The van der Waals surface area contributed by atoms with E-state index >= 15 is 0 Å². The highest BCUT2D eigenvalue weighted by atomic mass is 32.2. The minimum atomic E-state index is 0.758. The summed E-state index contributed by atoms with van der Waals surface area (Å²) < 4.78 is 7.42. The molecule has 1 aliphatic heterocycles. The Kier molecular flexibility index (Phi) is 4.12. The van der Waals surface area contributed by atoms with E-state index in [1.807, 2.05) is 34.9 Å². The maximum absolute atomic E-state index is 5.38. The highest BCUT2D eigenvalue weighted by Crippen LogP contribution is 2.23. The monoisotopic (exact) mass is 327 g/mol. The maximum atomic E-state index is 5.38. The molecule has 3 aromatic rings. The molecule has 4 rings (SSSR count). The van der Waals surface area contributed by atoms with Crippen molar-refractivity contribution in [3.63, 3.8) is 0 Å². The van der Waals surface area contributed by atoms with Crippen LogP contribution >= 0.6 is 11.8 Å². The van der Waals surface area contributed by atoms with Gasteiger partial charge in [-0.2, -0.15) is 0 Å². The van der Waals surface area contributed by atoms with E-state index in [1.54, 1.807) is 18.1 Å². The van der Waals surface area contributed by atoms with Gasteiger partial charge in [-0.05, 0) is 12.1 Å². The van der Waals surface area contributed by atoms with Crippen molar-refractivity contribution >= 4 is 23.2 Å². The predicted octanol–water partition coefficient (Wildman–Crippen LogP) is 2.25. The van der Waals surface area contributed by atoms with E-state index in [9.17, 15) is 0 Å². The van der Waals surface area contributed by atoms with Crippen LogP contribution in [0.3, 0.4) is 0 Å². The first-order chi connectivity index (χ1) is 11.4. The maximum Gasteiger partial charge on any atom is 0.137 e. The van der Waals surface area contributed by atoms with E-state index in [-0.39, 0.29) is 0 Å². The van der Waals surface area contributed by atoms with Crippen LogP contribution in [0.5, 0.6) is 0 Å². The smallest absolute Gasteiger partial charge is 0.137 e. The Labute approximate surface area is 138 Å². The number of anilines is 1. The molecule has 0 unspecified atom stereocenters. The van der Waals surface area contributed by atoms with Crippen LogP contribution in [-0.2, 0) is 10.5 Å². The summed E-state index contributed by atoms with van der Waals surface area (Å²) >= 11 is 1.68. The van der Waals surface area contributed by atoms with Crippen LogP contribution in [0.1, 0.15) is 5.69 Å². The Morgan fingerprint density at radius 3 is 2.96 bits per heavy atom. The number of hydrogen-bond acceptors (Lipinski definition) is 6. The lowest BCUT2D eigenvalue weighted by Gasteiger charge is -2.27. The van der Waals surface area contributed by atoms with Crippen molar-refractivity contribution in [2.75, 3.05) is 31.2 Å². The van der Waals surface area contributed by atoms with Gasteiger partial charge >= 0.3 is 0 Å². The van der Waals surface area contributed by atoms with Crippen LogP contribution in [0.2, 0.25) is 0 Å². The molecule has 0 amide bonds. The normalized spacial score (nSPS) is 15.2. The molecule has 0 N–H and O–H groups in total. The standard InChI is InChI=1S/C16H17N5OS/c1-2-4-21-10-13(19-14(21)3-1)11-23-16-9-15(17-12-18-16)20-5-7-22-8-6-20/h1-4,9-10,12H,5-8,11H2. The van der Waals surface area contributed by atoms with Gasteiger partial charge in [0.15, 0.2) is 0 Å². The molecule has 0 atom stereocenters. The fraction of sp³-hybridized carbons (Fsp3) is 0.312. The minimum absolute atomic E-state index is 0.758. The first-order valence-corrected chi connectivity index (χ1v) is 8.57. The number of nitrogens with zero attached hydrogens (tertiary/aromatic N) is 5. The summed E-state index contributed by atoms with van der Waals surface area (Å²) in [5, 5.41) is 0.971. The summed E-state index contributed by atoms with van der Waals surface area (Å²) in [5.74, 6) is 1.77. The molecule has 23 heavy (non-hydrogen) atoms. The van der Waals surface area contributed by atoms with Crippen molar-refractivity contribution in [2.45, 2.75) is 10.8 Å². The number of imidazole rings is 1. The van der Waals surface area contributed by atoms with Gasteiger partial charge in [-0.15, -0.1) is 0 Å². The molecule has 0 bridgehead atoms. The number of pyridine rings is 1. The van der Waals surface area contributed by atoms with Crippen LogP contribution in [-0.4, -0.2) is 45.7 Å². The highest BCUT2D eigenvalue weighted by molar-refractivity contribution is 7.98. The lowest BCUT2D eigenvalue weighted by molar-refractivity contribution is 0.122. The Balaban J connectivity index is 1.46. The van der Waals surface area contributed by atoms with Gasteiger partial charge in [0.25, 0.3) is 0 Å². The quantitative estimate of drug-likeness (QED) is 0.541. The van der Waals surface area contributed by atoms with Crippen LogP contribution in [0.15, 0.2) is 48.0 Å². The lowest BCUT2D eigenvalue weighted by Crippen LogP contribution is -2.36. The number of hydrogen-bond donors (Lipinski definition) is 0. The van der Waals surface area contributed by atoms with Gasteiger partial charge in [0, 0.05) is 37.3 Å². The fourth-order valence-electron chi connectivity index (χ4n) is 2.58. The highest BCUT2D eigenvalue weighted by Gasteiger charge is 2.13. The third-order valence-corrected chi connectivity index (χ3v) is 4.70. The second-order valence-corrected chi connectivity index (χ2v) is 6.30. The van der Waals surface area contributed by atoms with E-state index in [4.69, 9.17) is 4.74 Å². The molecule has 1 saturated heterocycles. The molecule has 7 heteroatoms. The summed E-state index contributed by atoms with van der Waals surface area (Å²) in [6, 6.07) is 8.06. The molecule has 0 radical (unpaired) electrons. The third-order valence-electron chi connectivity index (χ3n) is 3.74. The van der Waals surface area contributed by atoms with Crippen LogP contribution < -0.4 is 4.90 Å². The van der Waals surface area contributed by atoms with Crippen molar-refractivity contribution in [3.05, 3.63) is 48.7 Å². The third kappa shape index (κ3) is 3.30. The second-order valence-electron chi connectivity index (χ2n) is 5.30. The molecule has 1 aliphatic rings. The number of thioether (sulfide) groups is 1. The molecule has 118 valence electrons. The molecule has 0 aromatic carbocycles. The lowest BCUT2D eigenvalue weighted by atomic mass is 10.4. The fourth-order valence-corrected chi connectivity index (χ4v) is 3.32. The molecule has 1 fully saturated rings. The molecule has 0 spiro atoms. The van der Waals surface area contributed by atoms with Crippen molar-refractivity contribution in [1.29, 1.82) is 0 Å². The van der Waals surface area contributed by atoms with Crippen LogP contribution in [0.4, 0.5) is 5.82 Å². The summed E-state index contributed by atoms with van der Waals surface area (Å²) in [7, 11) is 0. The zero-order valence-electron chi connectivity index (χ0n) is 12.6. The number of aromatic nitrogens is 4. The van der Waals surface area contributed by atoms with Crippen LogP contribution in [0, 0.1) is 0 Å². The molecule has 3 aromatic heterocycles. The van der Waals surface area contributed by atoms with Gasteiger partial charge in [-0.3, -0.25) is 0 Å². The largest absolute Gasteiger partial charge is 0.378 e. The Bertz CT molecular complexity index is 767. The van der Waals surface area contributed by atoms with Gasteiger partial charge in [-0.25, -0.2) is 15.0 Å². The SMILES string of the molecule is c1ccn2cc(CSc3cc(N4CCOCC4)ncn3)nc2c1. The Hall–Kier alpha value is -2.12. The Morgan fingerprint density at radius 1 is 1.17 bits per heavy atom. The first-order valence-electron chi connectivity index (χ1n) is 7.59. The van der Waals surface area contributed by atoms with Gasteiger partial charge in [0.1, 0.15) is 22.8 Å². The van der Waals surface area contributed by atoms with E-state index in [0.29, 0.717) is 0 Å². The van der Waals surface area contributed by atoms with E-state index in [1.165, 1.54) is 0 Å². The molecule has 0 aliphatic carbocycles. The number of morpholine rings is 1. The summed E-state index contributed by atoms with van der Waals surface area (Å²) in [4.78, 5) is 15.6. The number of rotatable bonds is 4. The summed E-state index contributed by atoms with van der Waals surface area (Å²) in [5.41, 5.74) is 2.02. The number of fused-ring (bicyclic) bond motifs is 1. The van der Waals surface area contributed by atoms with Crippen LogP contribution in [0.25, 0.3) is 5.65 Å². The molecule has 0 saturated carbocycles. The summed E-state index contributed by atoms with van der Waals surface area (Å²) in [6.07, 6.45) is 5.71. The van der Waals surface area contributed by atoms with Crippen molar-refractivity contribution < 1.29 is 4.74 Å².